The van der Waals surface area contributed by atoms with E-state index < -0.39 is 0 Å². The molecule has 0 bridgehead atoms. The molecular formula is C27H25ClN2O2. The largest absolute Gasteiger partial charge is 0.495 e. The summed E-state index contributed by atoms with van der Waals surface area (Å²) in [5.74, 6) is 0.924. The Hall–Kier alpha value is -3.24. The van der Waals surface area contributed by atoms with Crippen molar-refractivity contribution in [1.82, 2.24) is 0 Å². The van der Waals surface area contributed by atoms with Crippen LogP contribution in [0, 0.1) is 6.92 Å². The minimum atomic E-state index is -0.295. The first-order valence-electron chi connectivity index (χ1n) is 10.8. The zero-order chi connectivity index (χ0) is 22.2. The van der Waals surface area contributed by atoms with Crippen molar-refractivity contribution in [3.63, 3.8) is 0 Å². The second-order valence-electron chi connectivity index (χ2n) is 8.47. The molecule has 3 aromatic rings. The zero-order valence-electron chi connectivity index (χ0n) is 18.1. The summed E-state index contributed by atoms with van der Waals surface area (Å²) in [5.41, 5.74) is 7.04. The first-order valence-corrected chi connectivity index (χ1v) is 11.2. The molecule has 0 fully saturated rings. The number of allylic oxidation sites excluding steroid dienone is 1. The maximum absolute atomic E-state index is 13.6. The van der Waals surface area contributed by atoms with Gasteiger partial charge in [0.25, 0.3) is 0 Å². The minimum absolute atomic E-state index is 0.153. The van der Waals surface area contributed by atoms with Crippen molar-refractivity contribution in [2.24, 2.45) is 0 Å². The fraction of sp³-hybridized carbons (Fsp3) is 0.222. The van der Waals surface area contributed by atoms with Gasteiger partial charge in [0.2, 0.25) is 0 Å². The van der Waals surface area contributed by atoms with Gasteiger partial charge >= 0.3 is 0 Å². The van der Waals surface area contributed by atoms with Crippen LogP contribution in [-0.2, 0) is 4.79 Å². The average molecular weight is 445 g/mol. The van der Waals surface area contributed by atoms with Crippen LogP contribution in [0.5, 0.6) is 5.75 Å². The third-order valence-corrected chi connectivity index (χ3v) is 6.66. The summed E-state index contributed by atoms with van der Waals surface area (Å²) in [6.45, 7) is 2.08. The fourth-order valence-electron chi connectivity index (χ4n) is 4.68. The summed E-state index contributed by atoms with van der Waals surface area (Å²) in [7, 11) is 1.60. The molecule has 5 rings (SSSR count). The Morgan fingerprint density at radius 2 is 1.66 bits per heavy atom. The maximum Gasteiger partial charge on any atom is 0.163 e. The summed E-state index contributed by atoms with van der Waals surface area (Å²) in [5, 5.41) is 7.70. The Balaban J connectivity index is 1.60. The summed E-state index contributed by atoms with van der Waals surface area (Å²) in [6, 6.07) is 22.0. The first kappa shape index (κ1) is 20.7. The second-order valence-corrected chi connectivity index (χ2v) is 8.88. The summed E-state index contributed by atoms with van der Waals surface area (Å²) in [6.07, 6.45) is 1.27. The van der Waals surface area contributed by atoms with Crippen LogP contribution in [0.15, 0.2) is 78.0 Å². The van der Waals surface area contributed by atoms with Crippen LogP contribution in [0.2, 0.25) is 5.02 Å². The molecule has 0 radical (unpaired) electrons. The van der Waals surface area contributed by atoms with Gasteiger partial charge in [-0.1, -0.05) is 59.6 Å². The van der Waals surface area contributed by atoms with Crippen LogP contribution in [0.1, 0.15) is 41.5 Å². The van der Waals surface area contributed by atoms with Crippen molar-refractivity contribution in [1.29, 1.82) is 0 Å². The van der Waals surface area contributed by atoms with Gasteiger partial charge in [0.05, 0.1) is 29.5 Å². The third kappa shape index (κ3) is 3.76. The van der Waals surface area contributed by atoms with Crippen molar-refractivity contribution in [3.8, 4) is 5.75 Å². The molecule has 5 heteroatoms. The molecule has 2 aliphatic rings. The van der Waals surface area contributed by atoms with E-state index in [-0.39, 0.29) is 17.7 Å². The Morgan fingerprint density at radius 1 is 0.938 bits per heavy atom. The number of carbonyl (C=O) groups excluding carboxylic acids is 1. The number of para-hydroxylation sites is 2. The van der Waals surface area contributed by atoms with Gasteiger partial charge in [-0.25, -0.2) is 0 Å². The van der Waals surface area contributed by atoms with Gasteiger partial charge in [0.1, 0.15) is 5.75 Å². The van der Waals surface area contributed by atoms with Crippen LogP contribution >= 0.6 is 11.6 Å². The molecule has 32 heavy (non-hydrogen) atoms. The molecule has 0 amide bonds. The molecule has 2 atom stereocenters. The Morgan fingerprint density at radius 3 is 2.38 bits per heavy atom. The number of nitrogens with one attached hydrogen (secondary N) is 2. The molecule has 162 valence electrons. The monoisotopic (exact) mass is 444 g/mol. The van der Waals surface area contributed by atoms with Gasteiger partial charge in [-0.3, -0.25) is 4.79 Å². The average Bonchev–Trinajstić information content (AvgIpc) is 2.96. The maximum atomic E-state index is 13.6. The van der Waals surface area contributed by atoms with E-state index in [1.165, 1.54) is 11.1 Å². The summed E-state index contributed by atoms with van der Waals surface area (Å²) in [4.78, 5) is 13.6. The number of fused-ring (bicyclic) bond motifs is 1. The predicted molar refractivity (Wildman–Crippen MR) is 130 cm³/mol. The van der Waals surface area contributed by atoms with Crippen LogP contribution in [0.4, 0.5) is 11.4 Å². The standard InChI is InChI=1S/C27H25ClN2O2/c1-16-7-9-17(10-8-16)19-14-23-26(24(31)15-19)27(18-11-12-25(32-2)20(28)13-18)30-22-6-4-3-5-21(22)29-23/h3-13,19,27,29-30H,14-15H2,1-2H3. The zero-order valence-corrected chi connectivity index (χ0v) is 18.9. The lowest BCUT2D eigenvalue weighted by Gasteiger charge is -2.30. The van der Waals surface area contributed by atoms with E-state index in [1.807, 2.05) is 42.5 Å². The predicted octanol–water partition coefficient (Wildman–Crippen LogP) is 6.64. The van der Waals surface area contributed by atoms with Crippen LogP contribution < -0.4 is 15.4 Å². The van der Waals surface area contributed by atoms with E-state index in [0.717, 1.165) is 34.6 Å². The molecule has 0 saturated carbocycles. The quantitative estimate of drug-likeness (QED) is 0.475. The number of ether oxygens (including phenoxy) is 1. The minimum Gasteiger partial charge on any atom is -0.495 e. The van der Waals surface area contributed by atoms with Crippen LogP contribution in [0.25, 0.3) is 0 Å². The lowest BCUT2D eigenvalue weighted by atomic mass is 9.78. The number of rotatable bonds is 3. The lowest BCUT2D eigenvalue weighted by molar-refractivity contribution is -0.116. The number of carbonyl (C=O) groups is 1. The highest BCUT2D eigenvalue weighted by Crippen LogP contribution is 2.45. The fourth-order valence-corrected chi connectivity index (χ4v) is 4.95. The van der Waals surface area contributed by atoms with Gasteiger partial charge in [-0.05, 0) is 54.7 Å². The van der Waals surface area contributed by atoms with Gasteiger partial charge in [-0.2, -0.15) is 0 Å². The molecule has 1 heterocycles. The van der Waals surface area contributed by atoms with Crippen molar-refractivity contribution < 1.29 is 9.53 Å². The number of ketones is 1. The van der Waals surface area contributed by atoms with Crippen LogP contribution in [-0.4, -0.2) is 12.9 Å². The van der Waals surface area contributed by atoms with E-state index in [4.69, 9.17) is 16.3 Å². The van der Waals surface area contributed by atoms with E-state index in [0.29, 0.717) is 17.2 Å². The van der Waals surface area contributed by atoms with Gasteiger partial charge in [0, 0.05) is 17.7 Å². The molecule has 1 aliphatic heterocycles. The van der Waals surface area contributed by atoms with Crippen molar-refractivity contribution in [2.45, 2.75) is 31.7 Å². The van der Waals surface area contributed by atoms with E-state index >= 15 is 0 Å². The van der Waals surface area contributed by atoms with Gasteiger partial charge < -0.3 is 15.4 Å². The topological polar surface area (TPSA) is 50.4 Å². The lowest BCUT2D eigenvalue weighted by Crippen LogP contribution is -2.26. The Kier molecular flexibility index (Phi) is 5.40. The SMILES string of the molecule is COc1ccc(C2Nc3ccccc3NC3=C2C(=O)CC(c2ccc(C)cc2)C3)cc1Cl. The van der Waals surface area contributed by atoms with E-state index in [1.54, 1.807) is 7.11 Å². The Labute approximate surface area is 193 Å². The number of halogens is 1. The van der Waals surface area contributed by atoms with E-state index in [9.17, 15) is 4.79 Å². The highest BCUT2D eigenvalue weighted by molar-refractivity contribution is 6.32. The summed E-state index contributed by atoms with van der Waals surface area (Å²) >= 11 is 6.45. The van der Waals surface area contributed by atoms with Gasteiger partial charge in [-0.15, -0.1) is 0 Å². The van der Waals surface area contributed by atoms with Crippen LogP contribution in [0.3, 0.4) is 0 Å². The highest BCUT2D eigenvalue weighted by atomic mass is 35.5. The summed E-state index contributed by atoms with van der Waals surface area (Å²) < 4.78 is 5.32. The van der Waals surface area contributed by atoms with Crippen molar-refractivity contribution in [3.05, 3.63) is 99.7 Å². The molecule has 0 saturated heterocycles. The number of benzene rings is 3. The smallest absolute Gasteiger partial charge is 0.163 e. The molecular weight excluding hydrogens is 420 g/mol. The number of hydrogen-bond acceptors (Lipinski definition) is 4. The molecule has 1 aliphatic carbocycles. The number of hydrogen-bond donors (Lipinski definition) is 2. The Bertz CT molecular complexity index is 1220. The van der Waals surface area contributed by atoms with Crippen molar-refractivity contribution >= 4 is 28.8 Å². The van der Waals surface area contributed by atoms with E-state index in [2.05, 4.69) is 41.8 Å². The van der Waals surface area contributed by atoms with Gasteiger partial charge in [0.15, 0.2) is 5.78 Å². The number of anilines is 2. The second kappa shape index (κ2) is 8.36. The third-order valence-electron chi connectivity index (χ3n) is 6.37. The first-order chi connectivity index (χ1) is 15.5. The number of methoxy groups -OCH3 is 1. The molecule has 0 aromatic heterocycles. The molecule has 2 unspecified atom stereocenters. The number of aryl methyl sites for hydroxylation is 1. The highest BCUT2D eigenvalue weighted by Gasteiger charge is 2.36. The molecule has 3 aromatic carbocycles. The molecule has 0 spiro atoms. The normalized spacial score (nSPS) is 19.9. The molecule has 2 N–H and O–H groups in total. The number of Topliss-reactive ketones (excluding diaryl/α,β-unsaturated/α-hetero) is 1. The molecule has 4 nitrogen and oxygen atoms in total. The van der Waals surface area contributed by atoms with Crippen molar-refractivity contribution in [2.75, 3.05) is 17.7 Å².